The second kappa shape index (κ2) is 6.86. The van der Waals surface area contributed by atoms with Crippen molar-refractivity contribution in [1.82, 2.24) is 4.90 Å². The van der Waals surface area contributed by atoms with Gasteiger partial charge in [0.05, 0.1) is 5.56 Å². The van der Waals surface area contributed by atoms with Crippen LogP contribution < -0.4 is 0 Å². The van der Waals surface area contributed by atoms with Crippen LogP contribution in [0.4, 0.5) is 13.2 Å². The number of carbonyl (C=O) groups excluding carboxylic acids is 1. The molecule has 2 rings (SSSR count). The molecule has 0 heterocycles. The standard InChI is InChI=1S/C18H18F3NO/c1-3-22(4-2)17(23)16-11-6-5-10-15(16)13-8-7-9-14(12-13)18(19,20)21/h5-12H,3-4H2,1-2H3. The molecule has 2 aromatic rings. The Balaban J connectivity index is 2.51. The number of rotatable bonds is 4. The predicted octanol–water partition coefficient (Wildman–Crippen LogP) is 4.85. The van der Waals surface area contributed by atoms with E-state index in [2.05, 4.69) is 0 Å². The lowest BCUT2D eigenvalue weighted by Crippen LogP contribution is -2.30. The lowest BCUT2D eigenvalue weighted by atomic mass is 9.97. The maximum absolute atomic E-state index is 12.9. The topological polar surface area (TPSA) is 20.3 Å². The lowest BCUT2D eigenvalue weighted by molar-refractivity contribution is -0.137. The summed E-state index contributed by atoms with van der Waals surface area (Å²) in [6.45, 7) is 4.83. The maximum atomic E-state index is 12.9. The van der Waals surface area contributed by atoms with Crippen molar-refractivity contribution >= 4 is 5.91 Å². The zero-order valence-corrected chi connectivity index (χ0v) is 13.0. The fraction of sp³-hybridized carbons (Fsp3) is 0.278. The first-order valence-electron chi connectivity index (χ1n) is 7.44. The third-order valence-electron chi connectivity index (χ3n) is 3.71. The molecule has 0 saturated carbocycles. The van der Waals surface area contributed by atoms with Crippen molar-refractivity contribution in [3.8, 4) is 11.1 Å². The van der Waals surface area contributed by atoms with Gasteiger partial charge in [-0.25, -0.2) is 0 Å². The molecule has 122 valence electrons. The van der Waals surface area contributed by atoms with Crippen LogP contribution in [0.1, 0.15) is 29.8 Å². The molecule has 0 aliphatic heterocycles. The SMILES string of the molecule is CCN(CC)C(=O)c1ccccc1-c1cccc(C(F)(F)F)c1. The molecular formula is C18H18F3NO. The van der Waals surface area contributed by atoms with E-state index in [1.54, 1.807) is 35.2 Å². The molecule has 2 nitrogen and oxygen atoms in total. The summed E-state index contributed by atoms with van der Waals surface area (Å²) < 4.78 is 38.7. The number of alkyl halides is 3. The first kappa shape index (κ1) is 17.1. The smallest absolute Gasteiger partial charge is 0.339 e. The molecule has 0 unspecified atom stereocenters. The first-order chi connectivity index (χ1) is 10.9. The van der Waals surface area contributed by atoms with E-state index in [-0.39, 0.29) is 5.91 Å². The summed E-state index contributed by atoms with van der Waals surface area (Å²) >= 11 is 0. The second-order valence-corrected chi connectivity index (χ2v) is 5.10. The van der Waals surface area contributed by atoms with Crippen LogP contribution in [0.2, 0.25) is 0 Å². The molecule has 0 aliphatic rings. The van der Waals surface area contributed by atoms with Gasteiger partial charge in [0, 0.05) is 18.7 Å². The van der Waals surface area contributed by atoms with E-state index >= 15 is 0 Å². The van der Waals surface area contributed by atoms with Crippen LogP contribution in [0.15, 0.2) is 48.5 Å². The molecule has 23 heavy (non-hydrogen) atoms. The molecule has 0 atom stereocenters. The number of carbonyl (C=O) groups is 1. The van der Waals surface area contributed by atoms with E-state index in [9.17, 15) is 18.0 Å². The van der Waals surface area contributed by atoms with Gasteiger partial charge in [0.1, 0.15) is 0 Å². The van der Waals surface area contributed by atoms with Gasteiger partial charge in [-0.2, -0.15) is 13.2 Å². The fourth-order valence-corrected chi connectivity index (χ4v) is 2.47. The van der Waals surface area contributed by atoms with Gasteiger partial charge in [-0.3, -0.25) is 4.79 Å². The van der Waals surface area contributed by atoms with Crippen molar-refractivity contribution in [2.24, 2.45) is 0 Å². The number of benzene rings is 2. The van der Waals surface area contributed by atoms with E-state index in [4.69, 9.17) is 0 Å². The zero-order chi connectivity index (χ0) is 17.0. The van der Waals surface area contributed by atoms with Gasteiger partial charge < -0.3 is 4.90 Å². The average molecular weight is 321 g/mol. The highest BCUT2D eigenvalue weighted by Crippen LogP contribution is 2.33. The van der Waals surface area contributed by atoms with Gasteiger partial charge in [0.15, 0.2) is 0 Å². The summed E-state index contributed by atoms with van der Waals surface area (Å²) in [6, 6.07) is 11.8. The maximum Gasteiger partial charge on any atom is 0.416 e. The van der Waals surface area contributed by atoms with Crippen LogP contribution in [0.5, 0.6) is 0 Å². The molecule has 0 aliphatic carbocycles. The van der Waals surface area contributed by atoms with Gasteiger partial charge in [0.25, 0.3) is 5.91 Å². The van der Waals surface area contributed by atoms with Crippen LogP contribution in [-0.4, -0.2) is 23.9 Å². The molecule has 2 aromatic carbocycles. The Morgan fingerprint density at radius 3 is 2.26 bits per heavy atom. The van der Waals surface area contributed by atoms with Crippen LogP contribution >= 0.6 is 0 Å². The molecular weight excluding hydrogens is 303 g/mol. The van der Waals surface area contributed by atoms with Gasteiger partial charge in [0.2, 0.25) is 0 Å². The summed E-state index contributed by atoms with van der Waals surface area (Å²) in [5.74, 6) is -0.178. The van der Waals surface area contributed by atoms with E-state index in [0.717, 1.165) is 12.1 Å². The van der Waals surface area contributed by atoms with E-state index in [0.29, 0.717) is 29.8 Å². The third kappa shape index (κ3) is 3.73. The highest BCUT2D eigenvalue weighted by molar-refractivity contribution is 6.00. The van der Waals surface area contributed by atoms with E-state index in [1.807, 2.05) is 13.8 Å². The van der Waals surface area contributed by atoms with Gasteiger partial charge in [-0.15, -0.1) is 0 Å². The minimum atomic E-state index is -4.41. The lowest BCUT2D eigenvalue weighted by Gasteiger charge is -2.20. The third-order valence-corrected chi connectivity index (χ3v) is 3.71. The minimum Gasteiger partial charge on any atom is -0.339 e. The summed E-state index contributed by atoms with van der Waals surface area (Å²) in [5.41, 5.74) is 0.585. The van der Waals surface area contributed by atoms with Crippen molar-refractivity contribution < 1.29 is 18.0 Å². The van der Waals surface area contributed by atoms with E-state index in [1.165, 1.54) is 6.07 Å². The van der Waals surface area contributed by atoms with Crippen molar-refractivity contribution in [3.05, 3.63) is 59.7 Å². The van der Waals surface area contributed by atoms with Crippen molar-refractivity contribution in [2.45, 2.75) is 20.0 Å². The summed E-state index contributed by atoms with van der Waals surface area (Å²) in [4.78, 5) is 14.2. The van der Waals surface area contributed by atoms with Crippen LogP contribution in [0.25, 0.3) is 11.1 Å². The quantitative estimate of drug-likeness (QED) is 0.788. The Kier molecular flexibility index (Phi) is 5.08. The van der Waals surface area contributed by atoms with Crippen molar-refractivity contribution in [3.63, 3.8) is 0 Å². The van der Waals surface area contributed by atoms with Gasteiger partial charge >= 0.3 is 6.18 Å². The van der Waals surface area contributed by atoms with Crippen molar-refractivity contribution in [2.75, 3.05) is 13.1 Å². The Hall–Kier alpha value is -2.30. The Labute approximate surface area is 133 Å². The summed E-state index contributed by atoms with van der Waals surface area (Å²) in [7, 11) is 0. The monoisotopic (exact) mass is 321 g/mol. The minimum absolute atomic E-state index is 0.178. The number of hydrogen-bond acceptors (Lipinski definition) is 1. The predicted molar refractivity (Wildman–Crippen MR) is 84.1 cm³/mol. The Morgan fingerprint density at radius 1 is 1.00 bits per heavy atom. The van der Waals surface area contributed by atoms with Crippen molar-refractivity contribution in [1.29, 1.82) is 0 Å². The molecule has 0 saturated heterocycles. The number of nitrogens with zero attached hydrogens (tertiary/aromatic N) is 1. The number of amides is 1. The summed E-state index contributed by atoms with van der Waals surface area (Å²) in [5, 5.41) is 0. The first-order valence-corrected chi connectivity index (χ1v) is 7.44. The highest BCUT2D eigenvalue weighted by Gasteiger charge is 2.30. The largest absolute Gasteiger partial charge is 0.416 e. The van der Waals surface area contributed by atoms with E-state index < -0.39 is 11.7 Å². The highest BCUT2D eigenvalue weighted by atomic mass is 19.4. The molecule has 0 fully saturated rings. The van der Waals surface area contributed by atoms with Gasteiger partial charge in [-0.1, -0.05) is 30.3 Å². The molecule has 0 N–H and O–H groups in total. The fourth-order valence-electron chi connectivity index (χ4n) is 2.47. The molecule has 1 amide bonds. The molecule has 0 spiro atoms. The molecule has 5 heteroatoms. The number of halogens is 3. The van der Waals surface area contributed by atoms with Crippen LogP contribution in [-0.2, 0) is 6.18 Å². The Bertz CT molecular complexity index is 691. The number of hydrogen-bond donors (Lipinski definition) is 0. The summed E-state index contributed by atoms with van der Waals surface area (Å²) in [6.07, 6.45) is -4.41. The molecule has 0 aromatic heterocycles. The average Bonchev–Trinajstić information content (AvgIpc) is 2.55. The van der Waals surface area contributed by atoms with Crippen LogP contribution in [0, 0.1) is 0 Å². The second-order valence-electron chi connectivity index (χ2n) is 5.10. The Morgan fingerprint density at radius 2 is 1.65 bits per heavy atom. The normalized spacial score (nSPS) is 11.3. The van der Waals surface area contributed by atoms with Gasteiger partial charge in [-0.05, 0) is 43.2 Å². The van der Waals surface area contributed by atoms with Crippen LogP contribution in [0.3, 0.4) is 0 Å². The molecule has 0 radical (unpaired) electrons. The zero-order valence-electron chi connectivity index (χ0n) is 13.0. The molecule has 0 bridgehead atoms.